The standard InChI is InChI=1S/C12H15BrN4/c1-9(10-4-3-5-11(13)6-10)14-7-12-15-8-16-17(12)2/h3-6,8-9,14H,7H2,1-2H3/t9-/m1/s1. The summed E-state index contributed by atoms with van der Waals surface area (Å²) in [6.07, 6.45) is 1.57. The van der Waals surface area contributed by atoms with Crippen LogP contribution in [0, 0.1) is 0 Å². The van der Waals surface area contributed by atoms with E-state index in [1.807, 2.05) is 19.2 Å². The monoisotopic (exact) mass is 294 g/mol. The summed E-state index contributed by atoms with van der Waals surface area (Å²) >= 11 is 3.48. The van der Waals surface area contributed by atoms with Gasteiger partial charge in [0.2, 0.25) is 0 Å². The van der Waals surface area contributed by atoms with Crippen molar-refractivity contribution in [3.8, 4) is 0 Å². The number of nitrogens with one attached hydrogen (secondary N) is 1. The number of hydrogen-bond acceptors (Lipinski definition) is 3. The molecule has 0 unspecified atom stereocenters. The van der Waals surface area contributed by atoms with Gasteiger partial charge in [-0.3, -0.25) is 4.68 Å². The summed E-state index contributed by atoms with van der Waals surface area (Å²) < 4.78 is 2.88. The second-order valence-electron chi connectivity index (χ2n) is 3.96. The first-order valence-electron chi connectivity index (χ1n) is 5.48. The highest BCUT2D eigenvalue weighted by atomic mass is 79.9. The zero-order chi connectivity index (χ0) is 12.3. The molecule has 90 valence electrons. The van der Waals surface area contributed by atoms with Gasteiger partial charge in [-0.1, -0.05) is 28.1 Å². The molecule has 17 heavy (non-hydrogen) atoms. The summed E-state index contributed by atoms with van der Waals surface area (Å²) in [7, 11) is 1.90. The van der Waals surface area contributed by atoms with Crippen LogP contribution in [-0.2, 0) is 13.6 Å². The molecule has 0 bridgehead atoms. The fraction of sp³-hybridized carbons (Fsp3) is 0.333. The number of aromatic nitrogens is 3. The van der Waals surface area contributed by atoms with Crippen LogP contribution in [0.1, 0.15) is 24.4 Å². The predicted molar refractivity (Wildman–Crippen MR) is 70.4 cm³/mol. The summed E-state index contributed by atoms with van der Waals surface area (Å²) in [6.45, 7) is 2.85. The highest BCUT2D eigenvalue weighted by Crippen LogP contribution is 2.17. The Labute approximate surface area is 109 Å². The van der Waals surface area contributed by atoms with Crippen LogP contribution in [0.3, 0.4) is 0 Å². The highest BCUT2D eigenvalue weighted by molar-refractivity contribution is 9.10. The second kappa shape index (κ2) is 5.42. The van der Waals surface area contributed by atoms with Gasteiger partial charge in [-0.25, -0.2) is 4.98 Å². The quantitative estimate of drug-likeness (QED) is 0.942. The lowest BCUT2D eigenvalue weighted by atomic mass is 10.1. The fourth-order valence-electron chi connectivity index (χ4n) is 1.62. The molecule has 0 saturated carbocycles. The minimum Gasteiger partial charge on any atom is -0.303 e. The van der Waals surface area contributed by atoms with E-state index < -0.39 is 0 Å². The maximum atomic E-state index is 4.18. The van der Waals surface area contributed by atoms with Crippen LogP contribution < -0.4 is 5.32 Å². The van der Waals surface area contributed by atoms with Gasteiger partial charge in [-0.15, -0.1) is 0 Å². The Morgan fingerprint density at radius 2 is 2.29 bits per heavy atom. The van der Waals surface area contributed by atoms with E-state index >= 15 is 0 Å². The van der Waals surface area contributed by atoms with Gasteiger partial charge in [-0.05, 0) is 24.6 Å². The fourth-order valence-corrected chi connectivity index (χ4v) is 2.04. The van der Waals surface area contributed by atoms with Crippen molar-refractivity contribution in [1.29, 1.82) is 0 Å². The van der Waals surface area contributed by atoms with Crippen LogP contribution in [0.5, 0.6) is 0 Å². The van der Waals surface area contributed by atoms with E-state index in [0.29, 0.717) is 6.54 Å². The lowest BCUT2D eigenvalue weighted by molar-refractivity contribution is 0.540. The summed E-state index contributed by atoms with van der Waals surface area (Å²) in [5.74, 6) is 0.937. The Balaban J connectivity index is 1.98. The zero-order valence-corrected chi connectivity index (χ0v) is 11.5. The first-order valence-corrected chi connectivity index (χ1v) is 6.28. The Bertz CT molecular complexity index is 495. The van der Waals surface area contributed by atoms with Crippen molar-refractivity contribution in [2.45, 2.75) is 19.5 Å². The largest absolute Gasteiger partial charge is 0.303 e. The molecule has 0 spiro atoms. The van der Waals surface area contributed by atoms with Gasteiger partial charge >= 0.3 is 0 Å². The normalized spacial score (nSPS) is 12.6. The van der Waals surface area contributed by atoms with E-state index in [0.717, 1.165) is 10.3 Å². The van der Waals surface area contributed by atoms with E-state index in [1.165, 1.54) is 5.56 Å². The molecule has 1 aromatic carbocycles. The Hall–Kier alpha value is -1.20. The molecule has 0 radical (unpaired) electrons. The Kier molecular flexibility index (Phi) is 3.91. The van der Waals surface area contributed by atoms with Crippen molar-refractivity contribution < 1.29 is 0 Å². The topological polar surface area (TPSA) is 42.7 Å². The lowest BCUT2D eigenvalue weighted by Crippen LogP contribution is -2.20. The minimum absolute atomic E-state index is 0.282. The summed E-state index contributed by atoms with van der Waals surface area (Å²) in [5, 5.41) is 7.46. The van der Waals surface area contributed by atoms with E-state index in [4.69, 9.17) is 0 Å². The maximum absolute atomic E-state index is 4.18. The van der Waals surface area contributed by atoms with Gasteiger partial charge in [0.15, 0.2) is 0 Å². The minimum atomic E-state index is 0.282. The van der Waals surface area contributed by atoms with Crippen LogP contribution in [0.25, 0.3) is 0 Å². The van der Waals surface area contributed by atoms with Crippen LogP contribution in [0.2, 0.25) is 0 Å². The van der Waals surface area contributed by atoms with Gasteiger partial charge in [0.25, 0.3) is 0 Å². The summed E-state index contributed by atoms with van der Waals surface area (Å²) in [4.78, 5) is 4.18. The molecule has 0 aliphatic carbocycles. The van der Waals surface area contributed by atoms with Crippen molar-refractivity contribution in [3.63, 3.8) is 0 Å². The molecule has 5 heteroatoms. The van der Waals surface area contributed by atoms with Crippen molar-refractivity contribution in [2.75, 3.05) is 0 Å². The number of nitrogens with zero attached hydrogens (tertiary/aromatic N) is 3. The molecule has 2 rings (SSSR count). The van der Waals surface area contributed by atoms with Gasteiger partial charge < -0.3 is 5.32 Å². The van der Waals surface area contributed by atoms with Crippen LogP contribution in [-0.4, -0.2) is 14.8 Å². The van der Waals surface area contributed by atoms with Crippen LogP contribution >= 0.6 is 15.9 Å². The molecular weight excluding hydrogens is 280 g/mol. The Morgan fingerprint density at radius 3 is 2.94 bits per heavy atom. The molecule has 0 aliphatic heterocycles. The SMILES string of the molecule is C[C@@H](NCc1ncnn1C)c1cccc(Br)c1. The molecule has 0 saturated heterocycles. The van der Waals surface area contributed by atoms with Crippen molar-refractivity contribution >= 4 is 15.9 Å². The van der Waals surface area contributed by atoms with E-state index in [2.05, 4.69) is 50.4 Å². The first-order chi connectivity index (χ1) is 8.16. The number of halogens is 1. The number of benzene rings is 1. The Morgan fingerprint density at radius 1 is 1.47 bits per heavy atom. The first kappa shape index (κ1) is 12.3. The third-order valence-electron chi connectivity index (χ3n) is 2.72. The molecule has 0 amide bonds. The predicted octanol–water partition coefficient (Wildman–Crippen LogP) is 2.43. The van der Waals surface area contributed by atoms with Crippen LogP contribution in [0.4, 0.5) is 0 Å². The average Bonchev–Trinajstić information content (AvgIpc) is 2.72. The molecule has 0 aliphatic rings. The van der Waals surface area contributed by atoms with E-state index in [1.54, 1.807) is 11.0 Å². The maximum Gasteiger partial charge on any atom is 0.140 e. The van der Waals surface area contributed by atoms with Gasteiger partial charge in [0.1, 0.15) is 12.2 Å². The summed E-state index contributed by atoms with van der Waals surface area (Å²) in [5.41, 5.74) is 1.25. The number of rotatable bonds is 4. The van der Waals surface area contributed by atoms with Gasteiger partial charge in [-0.2, -0.15) is 5.10 Å². The molecule has 4 nitrogen and oxygen atoms in total. The molecule has 1 atom stereocenters. The molecule has 0 fully saturated rings. The van der Waals surface area contributed by atoms with Crippen molar-refractivity contribution in [1.82, 2.24) is 20.1 Å². The molecule has 1 heterocycles. The van der Waals surface area contributed by atoms with Crippen molar-refractivity contribution in [2.24, 2.45) is 7.05 Å². The average molecular weight is 295 g/mol. The van der Waals surface area contributed by atoms with Crippen molar-refractivity contribution in [3.05, 3.63) is 46.5 Å². The second-order valence-corrected chi connectivity index (χ2v) is 4.87. The van der Waals surface area contributed by atoms with E-state index in [9.17, 15) is 0 Å². The van der Waals surface area contributed by atoms with E-state index in [-0.39, 0.29) is 6.04 Å². The van der Waals surface area contributed by atoms with Gasteiger partial charge in [0.05, 0.1) is 6.54 Å². The zero-order valence-electron chi connectivity index (χ0n) is 9.89. The van der Waals surface area contributed by atoms with Crippen LogP contribution in [0.15, 0.2) is 35.1 Å². The smallest absolute Gasteiger partial charge is 0.140 e. The third-order valence-corrected chi connectivity index (χ3v) is 3.21. The highest BCUT2D eigenvalue weighted by Gasteiger charge is 2.07. The molecule has 1 N–H and O–H groups in total. The number of hydrogen-bond donors (Lipinski definition) is 1. The molecule has 1 aromatic heterocycles. The third kappa shape index (κ3) is 3.14. The van der Waals surface area contributed by atoms with Gasteiger partial charge in [0, 0.05) is 17.6 Å². The summed E-state index contributed by atoms with van der Waals surface area (Å²) in [6, 6.07) is 8.58. The molecular formula is C12H15BrN4. The lowest BCUT2D eigenvalue weighted by Gasteiger charge is -2.14. The molecule has 2 aromatic rings. The number of aryl methyl sites for hydroxylation is 1.